The van der Waals surface area contributed by atoms with Crippen molar-refractivity contribution in [2.75, 3.05) is 47.5 Å². The zero-order valence-electron chi connectivity index (χ0n) is 58.4. The molecule has 0 aliphatic rings. The van der Waals surface area contributed by atoms with Crippen LogP contribution < -0.4 is 4.89 Å². The topological polar surface area (TPSA) is 111 Å². The molecule has 0 saturated heterocycles. The molecule has 0 bridgehead atoms. The molecule has 0 rings (SSSR count). The Morgan fingerprint density at radius 3 is 0.966 bits per heavy atom. The standard InChI is InChI=1S/C78H142NO8P/c1-6-8-10-12-14-16-18-20-22-24-26-28-30-32-34-36-38-39-41-43-45-47-49-51-53-55-57-59-61-63-65-67-69-71-78(81)87-76(75-86-88(82,83)85-73-72-79(3,4)5)74-84-77(80)70-68-66-64-62-60-58-56-54-52-50-48-46-44-42-40-37-35-33-31-29-27-25-23-21-19-17-15-13-11-9-7-2/h8,10,14,16,20,22,26,28,32,34,38-39,43,45,76H,6-7,9,11-13,15,17-19,21,23-25,27,29-31,33,35-37,40-42,44,46-75H2,1-5H3/b10-8-,16-14-,22-20-,28-26-,34-32-,39-38-,45-43-. The first-order valence-corrected chi connectivity index (χ1v) is 38.8. The summed E-state index contributed by atoms with van der Waals surface area (Å²) in [5.41, 5.74) is 0. The van der Waals surface area contributed by atoms with Crippen LogP contribution in [0.3, 0.4) is 0 Å². The number of hydrogen-bond donors (Lipinski definition) is 0. The number of unbranched alkanes of at least 4 members (excludes halogenated alkanes) is 41. The Kier molecular flexibility index (Phi) is 66.4. The van der Waals surface area contributed by atoms with E-state index in [0.29, 0.717) is 17.4 Å². The van der Waals surface area contributed by atoms with Gasteiger partial charge in [0.1, 0.15) is 19.8 Å². The summed E-state index contributed by atoms with van der Waals surface area (Å²) in [5.74, 6) is -0.824. The van der Waals surface area contributed by atoms with Crippen molar-refractivity contribution in [2.45, 2.75) is 354 Å². The van der Waals surface area contributed by atoms with E-state index in [-0.39, 0.29) is 32.0 Å². The Morgan fingerprint density at radius 1 is 0.364 bits per heavy atom. The summed E-state index contributed by atoms with van der Waals surface area (Å²) in [6.07, 6.45) is 94.0. The van der Waals surface area contributed by atoms with Crippen LogP contribution in [0.2, 0.25) is 0 Å². The van der Waals surface area contributed by atoms with Crippen molar-refractivity contribution in [3.8, 4) is 0 Å². The zero-order valence-corrected chi connectivity index (χ0v) is 59.3. The number of allylic oxidation sites excluding steroid dienone is 14. The summed E-state index contributed by atoms with van der Waals surface area (Å²) in [5, 5.41) is 0. The van der Waals surface area contributed by atoms with Crippen molar-refractivity contribution >= 4 is 19.8 Å². The van der Waals surface area contributed by atoms with E-state index in [1.54, 1.807) is 0 Å². The highest BCUT2D eigenvalue weighted by Crippen LogP contribution is 2.38. The molecule has 0 aromatic carbocycles. The molecule has 2 atom stereocenters. The average molecular weight is 1250 g/mol. The number of rotatable bonds is 69. The quantitative estimate of drug-likeness (QED) is 0.0195. The average Bonchev–Trinajstić information content (AvgIpc) is 3.56. The van der Waals surface area contributed by atoms with Crippen molar-refractivity contribution in [3.05, 3.63) is 85.1 Å². The maximum Gasteiger partial charge on any atom is 0.306 e. The molecule has 0 fully saturated rings. The van der Waals surface area contributed by atoms with E-state index in [1.807, 2.05) is 21.1 Å². The van der Waals surface area contributed by atoms with E-state index in [2.05, 4.69) is 98.9 Å². The highest BCUT2D eigenvalue weighted by Gasteiger charge is 2.22. The molecule has 0 aromatic rings. The van der Waals surface area contributed by atoms with Crippen molar-refractivity contribution in [2.24, 2.45) is 0 Å². The van der Waals surface area contributed by atoms with Crippen LogP contribution >= 0.6 is 7.82 Å². The Labute approximate surface area is 545 Å². The first-order chi connectivity index (χ1) is 43.0. The van der Waals surface area contributed by atoms with Gasteiger partial charge in [-0.3, -0.25) is 14.2 Å². The molecule has 0 amide bonds. The van der Waals surface area contributed by atoms with Gasteiger partial charge in [-0.05, 0) is 70.6 Å². The fourth-order valence-electron chi connectivity index (χ4n) is 10.8. The smallest absolute Gasteiger partial charge is 0.306 e. The Morgan fingerprint density at radius 2 is 0.648 bits per heavy atom. The fraction of sp³-hybridized carbons (Fsp3) is 0.795. The molecule has 2 unspecified atom stereocenters. The lowest BCUT2D eigenvalue weighted by Gasteiger charge is -2.28. The molecule has 0 aromatic heterocycles. The summed E-state index contributed by atoms with van der Waals surface area (Å²) in [6.45, 7) is 4.17. The van der Waals surface area contributed by atoms with Gasteiger partial charge in [-0.2, -0.15) is 0 Å². The van der Waals surface area contributed by atoms with Crippen molar-refractivity contribution in [1.82, 2.24) is 0 Å². The van der Waals surface area contributed by atoms with E-state index in [9.17, 15) is 19.0 Å². The second-order valence-corrected chi connectivity index (χ2v) is 27.7. The third-order valence-electron chi connectivity index (χ3n) is 16.4. The Balaban J connectivity index is 4.01. The minimum Gasteiger partial charge on any atom is -0.756 e. The van der Waals surface area contributed by atoms with Crippen LogP contribution in [0.4, 0.5) is 0 Å². The second kappa shape index (κ2) is 68.6. The van der Waals surface area contributed by atoms with Crippen LogP contribution in [0.25, 0.3) is 0 Å². The minimum absolute atomic E-state index is 0.0326. The van der Waals surface area contributed by atoms with E-state index in [4.69, 9.17) is 18.5 Å². The molecular weight excluding hydrogens is 1110 g/mol. The maximum atomic E-state index is 12.9. The van der Waals surface area contributed by atoms with Crippen LogP contribution in [0.1, 0.15) is 348 Å². The van der Waals surface area contributed by atoms with E-state index >= 15 is 0 Å². The number of nitrogens with zero attached hydrogens (tertiary/aromatic N) is 1. The summed E-state index contributed by atoms with van der Waals surface area (Å²) >= 11 is 0. The van der Waals surface area contributed by atoms with Gasteiger partial charge in [-0.1, -0.05) is 349 Å². The number of quaternary nitrogens is 1. The van der Waals surface area contributed by atoms with E-state index in [1.165, 1.54) is 225 Å². The molecule has 0 aliphatic heterocycles. The lowest BCUT2D eigenvalue weighted by molar-refractivity contribution is -0.870. The molecule has 88 heavy (non-hydrogen) atoms. The lowest BCUT2D eigenvalue weighted by atomic mass is 10.0. The summed E-state index contributed by atoms with van der Waals surface area (Å²) in [7, 11) is 1.17. The number of phosphoric acid groups is 1. The van der Waals surface area contributed by atoms with Crippen LogP contribution in [-0.4, -0.2) is 70.0 Å². The van der Waals surface area contributed by atoms with Gasteiger partial charge in [0.15, 0.2) is 6.10 Å². The molecule has 9 nitrogen and oxygen atoms in total. The molecule has 0 N–H and O–H groups in total. The highest BCUT2D eigenvalue weighted by molar-refractivity contribution is 7.45. The van der Waals surface area contributed by atoms with Crippen molar-refractivity contribution in [1.29, 1.82) is 0 Å². The number of esters is 2. The predicted molar refractivity (Wildman–Crippen MR) is 379 cm³/mol. The van der Waals surface area contributed by atoms with Crippen molar-refractivity contribution in [3.63, 3.8) is 0 Å². The SMILES string of the molecule is CC/C=C\C/C=C\C/C=C\C/C=C\C/C=C\C/C=C\C/C=C\CCCCCCCCCCCCCC(=O)OC(COC(=O)CCCCCCCCCCCCCCCCCCCCCCCCCCCCCCCCC)COP(=O)([O-])OCC[N+](C)(C)C. The largest absolute Gasteiger partial charge is 0.756 e. The molecule has 10 heteroatoms. The summed E-state index contributed by atoms with van der Waals surface area (Å²) in [4.78, 5) is 38.1. The molecular formula is C78H142NO8P. The number of ether oxygens (including phenoxy) is 2. The van der Waals surface area contributed by atoms with E-state index < -0.39 is 26.5 Å². The number of hydrogen-bond acceptors (Lipinski definition) is 8. The third kappa shape index (κ3) is 72.3. The molecule has 0 radical (unpaired) electrons. The summed E-state index contributed by atoms with van der Waals surface area (Å²) in [6, 6.07) is 0. The molecule has 512 valence electrons. The van der Waals surface area contributed by atoms with Gasteiger partial charge in [0, 0.05) is 12.8 Å². The van der Waals surface area contributed by atoms with Gasteiger partial charge in [0.05, 0.1) is 27.7 Å². The monoisotopic (exact) mass is 1250 g/mol. The van der Waals surface area contributed by atoms with Crippen LogP contribution in [0.15, 0.2) is 85.1 Å². The number of likely N-dealkylation sites (N-methyl/N-ethyl adjacent to an activating group) is 1. The van der Waals surface area contributed by atoms with Crippen LogP contribution in [-0.2, 0) is 32.7 Å². The van der Waals surface area contributed by atoms with Crippen molar-refractivity contribution < 1.29 is 42.1 Å². The molecule has 0 saturated carbocycles. The first-order valence-electron chi connectivity index (χ1n) is 37.3. The lowest BCUT2D eigenvalue weighted by Crippen LogP contribution is -2.37. The summed E-state index contributed by atoms with van der Waals surface area (Å²) < 4.78 is 34.4. The number of carbonyl (C=O) groups excluding carboxylic acids is 2. The molecule has 0 aliphatic carbocycles. The number of carbonyl (C=O) groups is 2. The van der Waals surface area contributed by atoms with Gasteiger partial charge in [-0.25, -0.2) is 0 Å². The molecule has 0 heterocycles. The highest BCUT2D eigenvalue weighted by atomic mass is 31.2. The second-order valence-electron chi connectivity index (χ2n) is 26.3. The van der Waals surface area contributed by atoms with Gasteiger partial charge >= 0.3 is 11.9 Å². The van der Waals surface area contributed by atoms with Gasteiger partial charge in [0.2, 0.25) is 0 Å². The Bertz CT molecular complexity index is 1760. The van der Waals surface area contributed by atoms with E-state index in [0.717, 1.165) is 89.9 Å². The first kappa shape index (κ1) is 85.2. The van der Waals surface area contributed by atoms with Gasteiger partial charge < -0.3 is 27.9 Å². The van der Waals surface area contributed by atoms with Crippen LogP contribution in [0, 0.1) is 0 Å². The third-order valence-corrected chi connectivity index (χ3v) is 17.4. The predicted octanol–water partition coefficient (Wildman–Crippen LogP) is 23.9. The maximum absolute atomic E-state index is 12.9. The normalized spacial score (nSPS) is 13.6. The minimum atomic E-state index is -4.65. The van der Waals surface area contributed by atoms with Crippen LogP contribution in [0.5, 0.6) is 0 Å². The zero-order chi connectivity index (χ0) is 64.1. The van der Waals surface area contributed by atoms with Gasteiger partial charge in [-0.15, -0.1) is 0 Å². The fourth-order valence-corrected chi connectivity index (χ4v) is 11.5. The van der Waals surface area contributed by atoms with Gasteiger partial charge in [0.25, 0.3) is 7.82 Å². The Hall–Kier alpha value is -2.81. The number of phosphoric ester groups is 1. The molecule has 0 spiro atoms.